The maximum atomic E-state index is 8.66. The molecule has 3 nitrogen and oxygen atoms in total. The smallest absolute Gasteiger partial charge is 0.0531 e. The van der Waals surface area contributed by atoms with Crippen molar-refractivity contribution in [2.45, 2.75) is 13.3 Å². The summed E-state index contributed by atoms with van der Waals surface area (Å²) < 4.78 is 0. The van der Waals surface area contributed by atoms with Crippen LogP contribution in [0.4, 0.5) is 0 Å². The second kappa shape index (κ2) is 26.8. The minimum Gasteiger partial charge on any atom is -0.396 e. The Bertz CT molecular complexity index is 200. The topological polar surface area (TPSA) is 60.7 Å². The molecule has 0 saturated heterocycles. The van der Waals surface area contributed by atoms with Gasteiger partial charge in [0.15, 0.2) is 0 Å². The van der Waals surface area contributed by atoms with E-state index in [1.54, 1.807) is 36.5 Å². The van der Waals surface area contributed by atoms with Crippen molar-refractivity contribution in [3.8, 4) is 0 Å². The molecular weight excluding hydrogens is 264 g/mol. The monoisotopic (exact) mass is 296 g/mol. The van der Waals surface area contributed by atoms with Gasteiger partial charge < -0.3 is 15.3 Å². The summed E-state index contributed by atoms with van der Waals surface area (Å²) in [7, 11) is 0. The van der Waals surface area contributed by atoms with Gasteiger partial charge in [0.2, 0.25) is 0 Å². The predicted octanol–water partition coefficient (Wildman–Crippen LogP) is 3.43. The van der Waals surface area contributed by atoms with Crippen molar-refractivity contribution in [1.29, 1.82) is 0 Å². The zero-order valence-electron chi connectivity index (χ0n) is 13.4. The molecule has 0 unspecified atom stereocenters. The average Bonchev–Trinajstić information content (AvgIpc) is 2.58. The van der Waals surface area contributed by atoms with E-state index in [2.05, 4.69) is 39.5 Å². The molecule has 0 heterocycles. The summed E-state index contributed by atoms with van der Waals surface area (Å²) in [6.07, 6.45) is 10.4. The molecule has 0 amide bonds. The molecule has 0 spiro atoms. The predicted molar refractivity (Wildman–Crippen MR) is 95.2 cm³/mol. The molecule has 0 aliphatic carbocycles. The minimum absolute atomic E-state index is 0.156. The third-order valence-electron chi connectivity index (χ3n) is 2.26. The summed E-state index contributed by atoms with van der Waals surface area (Å²) in [6, 6.07) is 0. The lowest BCUT2D eigenvalue weighted by Gasteiger charge is -2.24. The fourth-order valence-corrected chi connectivity index (χ4v) is 0.485. The first kappa shape index (κ1) is 27.6. The molecule has 0 bridgehead atoms. The van der Waals surface area contributed by atoms with Crippen molar-refractivity contribution in [3.05, 3.63) is 75.9 Å². The minimum atomic E-state index is -0.667. The summed E-state index contributed by atoms with van der Waals surface area (Å²) in [4.78, 5) is 0. The number of allylic oxidation sites excluding steroid dienone is 6. The van der Waals surface area contributed by atoms with Gasteiger partial charge in [-0.3, -0.25) is 0 Å². The lowest BCUT2D eigenvalue weighted by molar-refractivity contribution is 0.00304. The van der Waals surface area contributed by atoms with Crippen LogP contribution >= 0.6 is 0 Å². The molecule has 0 rings (SSSR count). The Morgan fingerprint density at radius 1 is 0.619 bits per heavy atom. The SMILES string of the molecule is C=CC=C.C=CC=C.C=CC=C.CCC(CO)(CO)CO. The normalized spacial score (nSPS) is 8.00. The highest BCUT2D eigenvalue weighted by Crippen LogP contribution is 2.18. The Kier molecular flexibility index (Phi) is 35.3. The Labute approximate surface area is 130 Å². The van der Waals surface area contributed by atoms with Gasteiger partial charge >= 0.3 is 0 Å². The third kappa shape index (κ3) is 27.5. The highest BCUT2D eigenvalue weighted by molar-refractivity contribution is 4.89. The molecule has 21 heavy (non-hydrogen) atoms. The number of hydrogen-bond donors (Lipinski definition) is 3. The molecular formula is C18H32O3. The summed E-state index contributed by atoms with van der Waals surface area (Å²) in [5.41, 5.74) is -0.667. The van der Waals surface area contributed by atoms with E-state index in [0.29, 0.717) is 6.42 Å². The van der Waals surface area contributed by atoms with Crippen LogP contribution in [0.1, 0.15) is 13.3 Å². The number of rotatable bonds is 7. The fraction of sp³-hybridized carbons (Fsp3) is 0.333. The zero-order chi connectivity index (χ0) is 17.6. The molecule has 0 saturated carbocycles. The van der Waals surface area contributed by atoms with Gasteiger partial charge in [-0.2, -0.15) is 0 Å². The van der Waals surface area contributed by atoms with Crippen LogP contribution in [0.15, 0.2) is 75.9 Å². The Morgan fingerprint density at radius 2 is 0.810 bits per heavy atom. The van der Waals surface area contributed by atoms with Crippen molar-refractivity contribution < 1.29 is 15.3 Å². The quantitative estimate of drug-likeness (QED) is 0.631. The van der Waals surface area contributed by atoms with Crippen LogP contribution in [0.5, 0.6) is 0 Å². The van der Waals surface area contributed by atoms with E-state index in [0.717, 1.165) is 0 Å². The third-order valence-corrected chi connectivity index (χ3v) is 2.26. The zero-order valence-corrected chi connectivity index (χ0v) is 13.4. The van der Waals surface area contributed by atoms with Crippen LogP contribution in [0.2, 0.25) is 0 Å². The number of aliphatic hydroxyl groups is 3. The van der Waals surface area contributed by atoms with E-state index < -0.39 is 5.41 Å². The molecule has 0 aromatic carbocycles. The van der Waals surface area contributed by atoms with Crippen LogP contribution < -0.4 is 0 Å². The van der Waals surface area contributed by atoms with Gasteiger partial charge in [0.25, 0.3) is 0 Å². The van der Waals surface area contributed by atoms with Gasteiger partial charge in [-0.05, 0) is 6.42 Å². The lowest BCUT2D eigenvalue weighted by atomic mass is 9.88. The van der Waals surface area contributed by atoms with Crippen LogP contribution in [0.25, 0.3) is 0 Å². The van der Waals surface area contributed by atoms with E-state index in [1.807, 2.05) is 6.92 Å². The summed E-state index contributed by atoms with van der Waals surface area (Å²) in [6.45, 7) is 21.5. The largest absolute Gasteiger partial charge is 0.396 e. The second-order valence-electron chi connectivity index (χ2n) is 3.74. The Morgan fingerprint density at radius 3 is 0.810 bits per heavy atom. The first-order valence-electron chi connectivity index (χ1n) is 6.52. The van der Waals surface area contributed by atoms with Gasteiger partial charge in [-0.15, -0.1) is 0 Å². The van der Waals surface area contributed by atoms with Gasteiger partial charge in [-0.1, -0.05) is 82.9 Å². The standard InChI is InChI=1S/C6H14O3.3C4H6/c1-2-6(3-7,4-8)5-9;3*1-3-4-2/h7-9H,2-5H2,1H3;3*3-4H,1-2H2. The number of hydrogen-bond acceptors (Lipinski definition) is 3. The Balaban J connectivity index is -0.000000102. The maximum Gasteiger partial charge on any atom is 0.0531 e. The van der Waals surface area contributed by atoms with Gasteiger partial charge in [0.1, 0.15) is 0 Å². The van der Waals surface area contributed by atoms with Crippen LogP contribution in [0, 0.1) is 5.41 Å². The van der Waals surface area contributed by atoms with Crippen LogP contribution in [-0.2, 0) is 0 Å². The fourth-order valence-electron chi connectivity index (χ4n) is 0.485. The second-order valence-corrected chi connectivity index (χ2v) is 3.74. The van der Waals surface area contributed by atoms with Crippen LogP contribution in [0.3, 0.4) is 0 Å². The first-order chi connectivity index (χ1) is 9.99. The molecule has 0 radical (unpaired) electrons. The highest BCUT2D eigenvalue weighted by atomic mass is 16.3. The Hall–Kier alpha value is -1.68. The molecule has 0 aliphatic heterocycles. The van der Waals surface area contributed by atoms with Crippen molar-refractivity contribution in [2.24, 2.45) is 5.41 Å². The van der Waals surface area contributed by atoms with Crippen molar-refractivity contribution in [3.63, 3.8) is 0 Å². The van der Waals surface area contributed by atoms with E-state index in [1.165, 1.54) is 0 Å². The highest BCUT2D eigenvalue weighted by Gasteiger charge is 2.24. The molecule has 3 heteroatoms. The van der Waals surface area contributed by atoms with Gasteiger partial charge in [0, 0.05) is 5.41 Å². The first-order valence-corrected chi connectivity index (χ1v) is 6.52. The molecule has 0 aliphatic rings. The van der Waals surface area contributed by atoms with E-state index in [4.69, 9.17) is 15.3 Å². The van der Waals surface area contributed by atoms with E-state index >= 15 is 0 Å². The van der Waals surface area contributed by atoms with Gasteiger partial charge in [0.05, 0.1) is 19.8 Å². The number of aliphatic hydroxyl groups excluding tert-OH is 3. The van der Waals surface area contributed by atoms with Crippen molar-refractivity contribution in [2.75, 3.05) is 19.8 Å². The summed E-state index contributed by atoms with van der Waals surface area (Å²) in [5, 5.41) is 26.0. The van der Waals surface area contributed by atoms with Crippen LogP contribution in [-0.4, -0.2) is 35.1 Å². The summed E-state index contributed by atoms with van der Waals surface area (Å²) in [5.74, 6) is 0. The van der Waals surface area contributed by atoms with Crippen molar-refractivity contribution >= 4 is 0 Å². The van der Waals surface area contributed by atoms with E-state index in [-0.39, 0.29) is 19.8 Å². The molecule has 0 fully saturated rings. The van der Waals surface area contributed by atoms with Crippen molar-refractivity contribution in [1.82, 2.24) is 0 Å². The molecule has 122 valence electrons. The molecule has 3 N–H and O–H groups in total. The molecule has 0 aromatic heterocycles. The van der Waals surface area contributed by atoms with Gasteiger partial charge in [-0.25, -0.2) is 0 Å². The molecule has 0 atom stereocenters. The summed E-state index contributed by atoms with van der Waals surface area (Å²) >= 11 is 0. The van der Waals surface area contributed by atoms with E-state index in [9.17, 15) is 0 Å². The maximum absolute atomic E-state index is 8.66. The molecule has 0 aromatic rings. The lowest BCUT2D eigenvalue weighted by Crippen LogP contribution is -2.32. The average molecular weight is 296 g/mol.